The van der Waals surface area contributed by atoms with Crippen molar-refractivity contribution in [3.8, 4) is 0 Å². The molecular formula is C13H20O2. The smallest absolute Gasteiger partial charge is 0.104 e. The highest BCUT2D eigenvalue weighted by Crippen LogP contribution is 2.14. The molecule has 0 radical (unpaired) electrons. The number of hydrogen-bond donors (Lipinski definition) is 0. The van der Waals surface area contributed by atoms with E-state index in [1.807, 2.05) is 36.4 Å². The molecular weight excluding hydrogens is 188 g/mol. The van der Waals surface area contributed by atoms with Crippen LogP contribution in [0.25, 0.3) is 0 Å². The zero-order chi connectivity index (χ0) is 11.1. The minimum Gasteiger partial charge on any atom is -0.373 e. The fraction of sp³-hybridized carbons (Fsp3) is 0.538. The van der Waals surface area contributed by atoms with Crippen molar-refractivity contribution in [3.63, 3.8) is 0 Å². The minimum atomic E-state index is -0.00799. The van der Waals surface area contributed by atoms with E-state index >= 15 is 0 Å². The van der Waals surface area contributed by atoms with Crippen LogP contribution in [0, 0.1) is 0 Å². The van der Waals surface area contributed by atoms with Crippen LogP contribution in [0.1, 0.15) is 20.8 Å². The number of epoxide rings is 1. The Bertz CT molecular complexity index is 220. The van der Waals surface area contributed by atoms with Crippen LogP contribution in [-0.4, -0.2) is 24.9 Å². The molecule has 1 aliphatic rings. The largest absolute Gasteiger partial charge is 0.373 e. The number of rotatable bonds is 2. The lowest BCUT2D eigenvalue weighted by molar-refractivity contribution is -0.0104. The Kier molecular flexibility index (Phi) is 4.79. The van der Waals surface area contributed by atoms with E-state index in [0.29, 0.717) is 6.10 Å². The Morgan fingerprint density at radius 3 is 1.73 bits per heavy atom. The Labute approximate surface area is 92.2 Å². The van der Waals surface area contributed by atoms with Crippen molar-refractivity contribution < 1.29 is 9.47 Å². The van der Waals surface area contributed by atoms with Crippen LogP contribution in [0.5, 0.6) is 0 Å². The van der Waals surface area contributed by atoms with Crippen molar-refractivity contribution in [1.29, 1.82) is 0 Å². The molecule has 1 fully saturated rings. The molecule has 2 rings (SSSR count). The highest BCUT2D eigenvalue weighted by molar-refractivity contribution is 4.99. The Balaban J connectivity index is 0.000000162. The first-order chi connectivity index (χ1) is 7.08. The molecule has 2 heteroatoms. The highest BCUT2D eigenvalue weighted by atomic mass is 16.6. The third kappa shape index (κ3) is 8.16. The number of ether oxygens (including phenoxy) is 2. The third-order valence-corrected chi connectivity index (χ3v) is 1.77. The summed E-state index contributed by atoms with van der Waals surface area (Å²) in [6, 6.07) is 12.0. The second-order valence-corrected chi connectivity index (χ2v) is 4.53. The summed E-state index contributed by atoms with van der Waals surface area (Å²) in [5.41, 5.74) is -0.00799. The van der Waals surface area contributed by atoms with Crippen molar-refractivity contribution in [2.75, 3.05) is 13.2 Å². The van der Waals surface area contributed by atoms with Gasteiger partial charge in [-0.15, -0.1) is 0 Å². The maximum Gasteiger partial charge on any atom is 0.104 e. The van der Waals surface area contributed by atoms with Crippen molar-refractivity contribution >= 4 is 0 Å². The molecule has 84 valence electrons. The second-order valence-electron chi connectivity index (χ2n) is 4.53. The summed E-state index contributed by atoms with van der Waals surface area (Å²) >= 11 is 0. The lowest BCUT2D eigenvalue weighted by Gasteiger charge is -2.18. The van der Waals surface area contributed by atoms with E-state index in [4.69, 9.17) is 9.47 Å². The van der Waals surface area contributed by atoms with Gasteiger partial charge in [-0.1, -0.05) is 36.4 Å². The molecule has 1 heterocycles. The maximum atomic E-state index is 5.43. The average molecular weight is 208 g/mol. The van der Waals surface area contributed by atoms with Crippen LogP contribution < -0.4 is 0 Å². The van der Waals surface area contributed by atoms with Gasteiger partial charge in [-0.2, -0.15) is 0 Å². The van der Waals surface area contributed by atoms with Gasteiger partial charge in [-0.05, 0) is 20.8 Å². The van der Waals surface area contributed by atoms with E-state index in [1.165, 1.54) is 0 Å². The monoisotopic (exact) mass is 208 g/mol. The van der Waals surface area contributed by atoms with E-state index in [0.717, 1.165) is 13.2 Å². The van der Waals surface area contributed by atoms with Crippen LogP contribution in [0.2, 0.25) is 0 Å². The summed E-state index contributed by atoms with van der Waals surface area (Å²) in [6.07, 6.45) is 0.393. The molecule has 0 amide bonds. The quantitative estimate of drug-likeness (QED) is 0.697. The molecule has 1 aliphatic heterocycles. The first kappa shape index (κ1) is 12.2. The van der Waals surface area contributed by atoms with Crippen LogP contribution >= 0.6 is 0 Å². The summed E-state index contributed by atoms with van der Waals surface area (Å²) < 4.78 is 10.4. The lowest BCUT2D eigenvalue weighted by Crippen LogP contribution is -2.21. The zero-order valence-corrected chi connectivity index (χ0v) is 9.77. The summed E-state index contributed by atoms with van der Waals surface area (Å²) in [7, 11) is 0. The van der Waals surface area contributed by atoms with Crippen LogP contribution in [0.4, 0.5) is 0 Å². The van der Waals surface area contributed by atoms with Gasteiger partial charge in [0.15, 0.2) is 0 Å². The average Bonchev–Trinajstić information content (AvgIpc) is 3.01. The fourth-order valence-corrected chi connectivity index (χ4v) is 0.892. The summed E-state index contributed by atoms with van der Waals surface area (Å²) in [5, 5.41) is 0. The molecule has 2 nitrogen and oxygen atoms in total. The Hall–Kier alpha value is -0.860. The van der Waals surface area contributed by atoms with Gasteiger partial charge in [0.05, 0.1) is 18.8 Å². The predicted molar refractivity (Wildman–Crippen MR) is 61.9 cm³/mol. The van der Waals surface area contributed by atoms with Gasteiger partial charge in [-0.25, -0.2) is 0 Å². The zero-order valence-electron chi connectivity index (χ0n) is 9.77. The first-order valence-electron chi connectivity index (χ1n) is 5.33. The molecule has 0 spiro atoms. The standard InChI is InChI=1S/C7H14O2.C6H6/c1-7(2,3)9-5-6-4-8-6;1-2-4-6-5-3-1/h6H,4-5H2,1-3H3;1-6H. The van der Waals surface area contributed by atoms with E-state index in [9.17, 15) is 0 Å². The van der Waals surface area contributed by atoms with Crippen molar-refractivity contribution in [3.05, 3.63) is 36.4 Å². The van der Waals surface area contributed by atoms with Gasteiger partial charge in [0.1, 0.15) is 6.10 Å². The molecule has 1 atom stereocenters. The normalized spacial score (nSPS) is 19.0. The number of hydrogen-bond acceptors (Lipinski definition) is 2. The van der Waals surface area contributed by atoms with E-state index in [-0.39, 0.29) is 5.60 Å². The van der Waals surface area contributed by atoms with Gasteiger partial charge in [0.2, 0.25) is 0 Å². The van der Waals surface area contributed by atoms with Crippen molar-refractivity contribution in [2.45, 2.75) is 32.5 Å². The SMILES string of the molecule is CC(C)(C)OCC1CO1.c1ccccc1. The van der Waals surface area contributed by atoms with E-state index < -0.39 is 0 Å². The fourth-order valence-electron chi connectivity index (χ4n) is 0.892. The third-order valence-electron chi connectivity index (χ3n) is 1.77. The van der Waals surface area contributed by atoms with E-state index in [1.54, 1.807) is 0 Å². The summed E-state index contributed by atoms with van der Waals surface area (Å²) in [6.45, 7) is 7.79. The molecule has 0 saturated carbocycles. The molecule has 1 unspecified atom stereocenters. The van der Waals surface area contributed by atoms with Gasteiger partial charge in [-0.3, -0.25) is 0 Å². The molecule has 0 aromatic heterocycles. The molecule has 15 heavy (non-hydrogen) atoms. The lowest BCUT2D eigenvalue weighted by atomic mass is 10.2. The molecule has 0 N–H and O–H groups in total. The van der Waals surface area contributed by atoms with Gasteiger partial charge >= 0.3 is 0 Å². The van der Waals surface area contributed by atoms with Crippen molar-refractivity contribution in [2.24, 2.45) is 0 Å². The van der Waals surface area contributed by atoms with Crippen LogP contribution in [0.3, 0.4) is 0 Å². The molecule has 1 aromatic carbocycles. The van der Waals surface area contributed by atoms with Gasteiger partial charge in [0.25, 0.3) is 0 Å². The summed E-state index contributed by atoms with van der Waals surface area (Å²) in [5.74, 6) is 0. The summed E-state index contributed by atoms with van der Waals surface area (Å²) in [4.78, 5) is 0. The highest BCUT2D eigenvalue weighted by Gasteiger charge is 2.24. The minimum absolute atomic E-state index is 0.00799. The molecule has 0 aliphatic carbocycles. The van der Waals surface area contributed by atoms with Crippen molar-refractivity contribution in [1.82, 2.24) is 0 Å². The maximum absolute atomic E-state index is 5.43. The first-order valence-corrected chi connectivity index (χ1v) is 5.33. The Morgan fingerprint density at radius 2 is 1.47 bits per heavy atom. The van der Waals surface area contributed by atoms with Gasteiger partial charge < -0.3 is 9.47 Å². The van der Waals surface area contributed by atoms with E-state index in [2.05, 4.69) is 20.8 Å². The van der Waals surface area contributed by atoms with Gasteiger partial charge in [0, 0.05) is 0 Å². The molecule has 1 aromatic rings. The molecule has 1 saturated heterocycles. The topological polar surface area (TPSA) is 21.8 Å². The molecule has 0 bridgehead atoms. The van der Waals surface area contributed by atoms with Crippen LogP contribution in [-0.2, 0) is 9.47 Å². The Morgan fingerprint density at radius 1 is 1.07 bits per heavy atom. The van der Waals surface area contributed by atoms with Crippen LogP contribution in [0.15, 0.2) is 36.4 Å². The predicted octanol–water partition coefficient (Wildman–Crippen LogP) is 2.89. The number of benzene rings is 1. The second kappa shape index (κ2) is 5.89.